The molecule has 1 heterocycles. The second-order valence-electron chi connectivity index (χ2n) is 7.66. The number of halogens is 6. The number of hydrogen-bond acceptors (Lipinski definition) is 4. The fourth-order valence-electron chi connectivity index (χ4n) is 3.63. The number of aromatic nitrogens is 1. The van der Waals surface area contributed by atoms with Crippen LogP contribution in [0, 0.1) is 5.92 Å². The van der Waals surface area contributed by atoms with Crippen LogP contribution in [0.2, 0.25) is 20.2 Å². The van der Waals surface area contributed by atoms with Gasteiger partial charge in [0.15, 0.2) is 5.15 Å². The van der Waals surface area contributed by atoms with Crippen molar-refractivity contribution in [3.63, 3.8) is 0 Å². The van der Waals surface area contributed by atoms with E-state index in [1.165, 1.54) is 19.2 Å². The molecule has 0 spiro atoms. The highest BCUT2D eigenvalue weighted by Gasteiger charge is 2.67. The Morgan fingerprint density at radius 3 is 2.26 bits per heavy atom. The van der Waals surface area contributed by atoms with Gasteiger partial charge in [-0.15, -0.1) is 23.2 Å². The molecule has 1 fully saturated rings. The zero-order chi connectivity index (χ0) is 25.5. The number of carbonyl (C=O) groups is 2. The number of nitrogens with zero attached hydrogens (tertiary/aromatic N) is 1. The summed E-state index contributed by atoms with van der Waals surface area (Å²) in [4.78, 5) is 29.8. The molecule has 3 aromatic rings. The molecule has 1 aliphatic carbocycles. The minimum atomic E-state index is -1.34. The first-order chi connectivity index (χ1) is 16.5. The fourth-order valence-corrected chi connectivity index (χ4v) is 5.40. The largest absolute Gasteiger partial charge is 0.481 e. The van der Waals surface area contributed by atoms with Gasteiger partial charge in [0.2, 0.25) is 11.8 Å². The van der Waals surface area contributed by atoms with Crippen molar-refractivity contribution in [1.29, 1.82) is 0 Å². The number of alkyl halides is 2. The molecule has 6 nitrogen and oxygen atoms in total. The third-order valence-electron chi connectivity index (χ3n) is 5.34. The van der Waals surface area contributed by atoms with Crippen LogP contribution in [-0.4, -0.2) is 28.2 Å². The summed E-state index contributed by atoms with van der Waals surface area (Å²) in [5, 5.41) is 6.39. The van der Waals surface area contributed by atoms with Crippen LogP contribution in [0.1, 0.15) is 21.8 Å². The summed E-state index contributed by atoms with van der Waals surface area (Å²) in [7, 11) is 1.45. The number of pyridine rings is 1. The van der Waals surface area contributed by atoms with Gasteiger partial charge in [0.25, 0.3) is 5.91 Å². The molecule has 2 amide bonds. The Kier molecular flexibility index (Phi) is 7.62. The van der Waals surface area contributed by atoms with Crippen molar-refractivity contribution in [2.45, 2.75) is 10.3 Å². The van der Waals surface area contributed by atoms with E-state index in [0.717, 1.165) is 0 Å². The predicted octanol–water partition coefficient (Wildman–Crippen LogP) is 7.48. The molecule has 182 valence electrons. The first-order valence-corrected chi connectivity index (χ1v) is 12.2. The van der Waals surface area contributed by atoms with E-state index in [1.807, 2.05) is 0 Å². The number of anilines is 2. The maximum atomic E-state index is 13.0. The number of ether oxygens (including phenoxy) is 1. The van der Waals surface area contributed by atoms with E-state index in [-0.39, 0.29) is 21.4 Å². The molecule has 2 aromatic carbocycles. The van der Waals surface area contributed by atoms with Gasteiger partial charge in [0.1, 0.15) is 4.33 Å². The summed E-state index contributed by atoms with van der Waals surface area (Å²) in [5.74, 6) is -1.97. The van der Waals surface area contributed by atoms with Crippen molar-refractivity contribution >= 4 is 92.8 Å². The molecule has 2 atom stereocenters. The van der Waals surface area contributed by atoms with Crippen LogP contribution < -0.4 is 15.4 Å². The van der Waals surface area contributed by atoms with E-state index in [9.17, 15) is 9.59 Å². The van der Waals surface area contributed by atoms with E-state index in [4.69, 9.17) is 74.3 Å². The monoisotopic (exact) mass is 591 g/mol. The number of rotatable bonds is 6. The van der Waals surface area contributed by atoms with Crippen molar-refractivity contribution in [1.82, 2.24) is 4.98 Å². The fraction of sp³-hybridized carbons (Fsp3) is 0.174. The number of carbonyl (C=O) groups excluding carboxylic acids is 2. The van der Waals surface area contributed by atoms with Crippen LogP contribution in [0.25, 0.3) is 0 Å². The normalized spacial score (nSPS) is 18.0. The zero-order valence-corrected chi connectivity index (χ0v) is 22.2. The Hall–Kier alpha value is -1.93. The lowest BCUT2D eigenvalue weighted by atomic mass is 10.1. The highest BCUT2D eigenvalue weighted by Crippen LogP contribution is 2.65. The zero-order valence-electron chi connectivity index (χ0n) is 17.7. The predicted molar refractivity (Wildman–Crippen MR) is 141 cm³/mol. The van der Waals surface area contributed by atoms with Gasteiger partial charge in [-0.1, -0.05) is 46.4 Å². The topological polar surface area (TPSA) is 80.3 Å². The minimum Gasteiger partial charge on any atom is -0.481 e. The van der Waals surface area contributed by atoms with Crippen molar-refractivity contribution in [2.24, 2.45) is 5.92 Å². The molecule has 0 bridgehead atoms. The van der Waals surface area contributed by atoms with Gasteiger partial charge in [0, 0.05) is 27.7 Å². The van der Waals surface area contributed by atoms with E-state index in [1.54, 1.807) is 36.4 Å². The van der Waals surface area contributed by atoms with Gasteiger partial charge >= 0.3 is 0 Å². The third kappa shape index (κ3) is 5.58. The van der Waals surface area contributed by atoms with E-state index in [2.05, 4.69) is 15.6 Å². The standard InChI is InChI=1S/C23H15Cl6N3O3/c1-35-17-5-4-16(20(27)32-17)31-21(33)14-9-13(2-3-15(14)26)30-22(34)19-18(23(19,28)29)10-6-11(24)8-12(25)7-10/h2-9,18-19H,1H3,(H,30,34)(H,31,33). The number of benzene rings is 2. The van der Waals surface area contributed by atoms with Crippen LogP contribution in [-0.2, 0) is 4.79 Å². The van der Waals surface area contributed by atoms with E-state index >= 15 is 0 Å². The summed E-state index contributed by atoms with van der Waals surface area (Å²) in [6.45, 7) is 0. The lowest BCUT2D eigenvalue weighted by Crippen LogP contribution is -2.18. The molecule has 2 N–H and O–H groups in total. The summed E-state index contributed by atoms with van der Waals surface area (Å²) < 4.78 is 3.65. The Labute approximate surface area is 230 Å². The van der Waals surface area contributed by atoms with Crippen molar-refractivity contribution < 1.29 is 14.3 Å². The van der Waals surface area contributed by atoms with Crippen molar-refractivity contribution in [2.75, 3.05) is 17.7 Å². The van der Waals surface area contributed by atoms with E-state index in [0.29, 0.717) is 27.2 Å². The summed E-state index contributed by atoms with van der Waals surface area (Å²) in [5.41, 5.74) is 1.34. The number of methoxy groups -OCH3 is 1. The highest BCUT2D eigenvalue weighted by molar-refractivity contribution is 6.53. The molecular formula is C23H15Cl6N3O3. The Morgan fingerprint density at radius 1 is 0.943 bits per heavy atom. The molecule has 0 radical (unpaired) electrons. The first-order valence-electron chi connectivity index (χ1n) is 9.97. The van der Waals surface area contributed by atoms with Gasteiger partial charge in [-0.2, -0.15) is 4.98 Å². The summed E-state index contributed by atoms with van der Waals surface area (Å²) in [6, 6.07) is 12.4. The van der Waals surface area contributed by atoms with Gasteiger partial charge < -0.3 is 15.4 Å². The van der Waals surface area contributed by atoms with Crippen LogP contribution in [0.4, 0.5) is 11.4 Å². The molecule has 12 heteroatoms. The van der Waals surface area contributed by atoms with E-state index < -0.39 is 28.0 Å². The van der Waals surface area contributed by atoms with Gasteiger partial charge in [0.05, 0.1) is 29.3 Å². The Balaban J connectivity index is 1.51. The molecular weight excluding hydrogens is 579 g/mol. The van der Waals surface area contributed by atoms with Gasteiger partial charge in [-0.3, -0.25) is 9.59 Å². The molecule has 0 aliphatic heterocycles. The molecule has 1 aliphatic rings. The number of amides is 2. The highest BCUT2D eigenvalue weighted by atomic mass is 35.5. The smallest absolute Gasteiger partial charge is 0.257 e. The van der Waals surface area contributed by atoms with Crippen LogP contribution in [0.5, 0.6) is 5.88 Å². The lowest BCUT2D eigenvalue weighted by molar-refractivity contribution is -0.117. The summed E-state index contributed by atoms with van der Waals surface area (Å²) >= 11 is 37.3. The Morgan fingerprint density at radius 2 is 1.63 bits per heavy atom. The maximum Gasteiger partial charge on any atom is 0.257 e. The minimum absolute atomic E-state index is 0.0414. The SMILES string of the molecule is COc1ccc(NC(=O)c2cc(NC(=O)C3C(c4cc(Cl)cc(Cl)c4)C3(Cl)Cl)ccc2Cl)c(Cl)n1. The summed E-state index contributed by atoms with van der Waals surface area (Å²) in [6.07, 6.45) is 0. The Bertz CT molecular complexity index is 1310. The van der Waals surface area contributed by atoms with Crippen LogP contribution in [0.3, 0.4) is 0 Å². The second kappa shape index (κ2) is 10.2. The van der Waals surface area contributed by atoms with Gasteiger partial charge in [-0.05, 0) is 48.0 Å². The quantitative estimate of drug-likeness (QED) is 0.229. The van der Waals surface area contributed by atoms with Crippen LogP contribution in [0.15, 0.2) is 48.5 Å². The first kappa shape index (κ1) is 26.1. The lowest BCUT2D eigenvalue weighted by Gasteiger charge is -2.11. The average molecular weight is 594 g/mol. The van der Waals surface area contributed by atoms with Crippen molar-refractivity contribution in [3.05, 3.63) is 79.9 Å². The molecule has 4 rings (SSSR count). The molecule has 0 saturated heterocycles. The number of nitrogens with one attached hydrogen (secondary N) is 2. The molecule has 35 heavy (non-hydrogen) atoms. The molecule has 1 saturated carbocycles. The van der Waals surface area contributed by atoms with Gasteiger partial charge in [-0.25, -0.2) is 0 Å². The molecule has 1 aromatic heterocycles. The average Bonchev–Trinajstić information content (AvgIpc) is 3.37. The van der Waals surface area contributed by atoms with Crippen LogP contribution >= 0.6 is 69.6 Å². The third-order valence-corrected chi connectivity index (χ3v) is 7.33. The van der Waals surface area contributed by atoms with Crippen molar-refractivity contribution in [3.8, 4) is 5.88 Å². The number of hydrogen-bond donors (Lipinski definition) is 2. The maximum absolute atomic E-state index is 13.0. The second-order valence-corrected chi connectivity index (χ2v) is 10.7. The molecule has 2 unspecified atom stereocenters.